The number of rotatable bonds is 7. The summed E-state index contributed by atoms with van der Waals surface area (Å²) in [5, 5.41) is 1.53. The van der Waals surface area contributed by atoms with E-state index in [0.717, 1.165) is 9.86 Å². The number of halogens is 1. The van der Waals surface area contributed by atoms with Crippen molar-refractivity contribution in [2.24, 2.45) is 0 Å². The minimum atomic E-state index is -0.364. The average molecular weight is 543 g/mol. The van der Waals surface area contributed by atoms with Gasteiger partial charge in [0, 0.05) is 39.6 Å². The van der Waals surface area contributed by atoms with Crippen molar-refractivity contribution in [1.29, 1.82) is 0 Å². The van der Waals surface area contributed by atoms with E-state index in [1.807, 2.05) is 49.4 Å². The predicted molar refractivity (Wildman–Crippen MR) is 143 cm³/mol. The fourth-order valence-electron chi connectivity index (χ4n) is 4.55. The zero-order chi connectivity index (χ0) is 25.2. The number of para-hydroxylation sites is 2. The summed E-state index contributed by atoms with van der Waals surface area (Å²) in [7, 11) is 0. The molecule has 0 radical (unpaired) electrons. The van der Waals surface area contributed by atoms with E-state index in [9.17, 15) is 14.4 Å². The largest absolute Gasteiger partial charge is 0.492 e. The molecule has 5 rings (SSSR count). The second kappa shape index (κ2) is 9.95. The highest BCUT2D eigenvalue weighted by molar-refractivity contribution is 9.10. The molecule has 1 aliphatic rings. The molecule has 0 saturated heterocycles. The minimum Gasteiger partial charge on any atom is -0.492 e. The van der Waals surface area contributed by atoms with Crippen LogP contribution in [0.15, 0.2) is 89.4 Å². The molecular weight excluding hydrogens is 520 g/mol. The highest BCUT2D eigenvalue weighted by Crippen LogP contribution is 2.32. The Morgan fingerprint density at radius 3 is 2.22 bits per heavy atom. The Morgan fingerprint density at radius 1 is 0.889 bits per heavy atom. The molecule has 6 nitrogen and oxygen atoms in total. The van der Waals surface area contributed by atoms with Gasteiger partial charge in [0.25, 0.3) is 17.7 Å². The normalized spacial score (nSPS) is 12.7. The summed E-state index contributed by atoms with van der Waals surface area (Å²) in [5.74, 6) is -0.438. The van der Waals surface area contributed by atoms with Crippen molar-refractivity contribution in [3.8, 4) is 5.75 Å². The van der Waals surface area contributed by atoms with Gasteiger partial charge in [0.2, 0.25) is 0 Å². The Hall–Kier alpha value is -3.97. The number of amides is 3. The first-order valence-corrected chi connectivity index (χ1v) is 12.5. The summed E-state index contributed by atoms with van der Waals surface area (Å²) in [4.78, 5) is 43.3. The first kappa shape index (κ1) is 23.8. The van der Waals surface area contributed by atoms with E-state index in [2.05, 4.69) is 15.9 Å². The molecule has 0 bridgehead atoms. The monoisotopic (exact) mass is 542 g/mol. The lowest BCUT2D eigenvalue weighted by Crippen LogP contribution is -2.46. The molecule has 0 fully saturated rings. The van der Waals surface area contributed by atoms with E-state index in [4.69, 9.17) is 4.74 Å². The standard InChI is InChI=1S/C29H23BrN2O4/c1-2-36-25-15-4-3-14-24(25)31(27(33)20-10-5-11-21(30)18-20)16-17-32-28(34)22-12-6-8-19-9-7-13-23(26(19)22)29(32)35/h3-15,18H,2,16-17H2,1H3. The lowest BCUT2D eigenvalue weighted by molar-refractivity contribution is 0.0611. The SMILES string of the molecule is CCOc1ccccc1N(CCN1C(=O)c2cccc3cccc(c23)C1=O)C(=O)c1cccc(Br)c1. The molecule has 180 valence electrons. The average Bonchev–Trinajstić information content (AvgIpc) is 2.89. The van der Waals surface area contributed by atoms with Crippen molar-refractivity contribution in [2.45, 2.75) is 6.92 Å². The third-order valence-corrected chi connectivity index (χ3v) is 6.67. The number of imide groups is 1. The molecule has 4 aromatic carbocycles. The van der Waals surface area contributed by atoms with Crippen molar-refractivity contribution >= 4 is 50.1 Å². The van der Waals surface area contributed by atoms with E-state index < -0.39 is 0 Å². The number of carbonyl (C=O) groups is 3. The van der Waals surface area contributed by atoms with Crippen LogP contribution in [0.1, 0.15) is 38.0 Å². The fraction of sp³-hybridized carbons (Fsp3) is 0.138. The molecule has 0 atom stereocenters. The molecule has 36 heavy (non-hydrogen) atoms. The molecule has 1 aliphatic heterocycles. The van der Waals surface area contributed by atoms with Crippen LogP contribution in [0.5, 0.6) is 5.75 Å². The van der Waals surface area contributed by atoms with Crippen LogP contribution >= 0.6 is 15.9 Å². The molecule has 0 aliphatic carbocycles. The van der Waals surface area contributed by atoms with Crippen molar-refractivity contribution in [3.05, 3.63) is 106 Å². The van der Waals surface area contributed by atoms with Crippen LogP contribution in [0.3, 0.4) is 0 Å². The second-order valence-corrected chi connectivity index (χ2v) is 9.25. The maximum absolute atomic E-state index is 13.7. The van der Waals surface area contributed by atoms with Gasteiger partial charge in [-0.25, -0.2) is 0 Å². The molecule has 0 saturated carbocycles. The highest BCUT2D eigenvalue weighted by atomic mass is 79.9. The van der Waals surface area contributed by atoms with Gasteiger partial charge < -0.3 is 9.64 Å². The van der Waals surface area contributed by atoms with E-state index in [0.29, 0.717) is 40.1 Å². The van der Waals surface area contributed by atoms with Gasteiger partial charge in [-0.05, 0) is 54.8 Å². The molecular formula is C29H23BrN2O4. The smallest absolute Gasteiger partial charge is 0.261 e. The highest BCUT2D eigenvalue weighted by Gasteiger charge is 2.33. The summed E-state index contributed by atoms with van der Waals surface area (Å²) in [6, 6.07) is 25.3. The zero-order valence-electron chi connectivity index (χ0n) is 19.6. The van der Waals surface area contributed by atoms with Gasteiger partial charge in [-0.3, -0.25) is 19.3 Å². The fourth-order valence-corrected chi connectivity index (χ4v) is 4.95. The van der Waals surface area contributed by atoms with Crippen LogP contribution in [0.4, 0.5) is 5.69 Å². The number of ether oxygens (including phenoxy) is 1. The van der Waals surface area contributed by atoms with Crippen molar-refractivity contribution in [3.63, 3.8) is 0 Å². The Balaban J connectivity index is 1.50. The van der Waals surface area contributed by atoms with E-state index >= 15 is 0 Å². The van der Waals surface area contributed by atoms with Crippen LogP contribution in [0.25, 0.3) is 10.8 Å². The van der Waals surface area contributed by atoms with Crippen LogP contribution in [-0.4, -0.2) is 42.3 Å². The first-order chi connectivity index (χ1) is 17.5. The lowest BCUT2D eigenvalue weighted by Gasteiger charge is -2.31. The van der Waals surface area contributed by atoms with Gasteiger partial charge in [0.05, 0.1) is 12.3 Å². The van der Waals surface area contributed by atoms with Crippen LogP contribution in [0.2, 0.25) is 0 Å². The molecule has 7 heteroatoms. The molecule has 0 unspecified atom stereocenters. The number of anilines is 1. The maximum atomic E-state index is 13.7. The Morgan fingerprint density at radius 2 is 1.56 bits per heavy atom. The lowest BCUT2D eigenvalue weighted by atomic mass is 9.94. The molecule has 1 heterocycles. The van der Waals surface area contributed by atoms with Gasteiger partial charge in [-0.2, -0.15) is 0 Å². The number of nitrogens with zero attached hydrogens (tertiary/aromatic N) is 2. The minimum absolute atomic E-state index is 0.0303. The van der Waals surface area contributed by atoms with E-state index in [1.54, 1.807) is 47.4 Å². The van der Waals surface area contributed by atoms with Gasteiger partial charge in [0.1, 0.15) is 5.75 Å². The maximum Gasteiger partial charge on any atom is 0.261 e. The molecule has 0 aromatic heterocycles. The summed E-state index contributed by atoms with van der Waals surface area (Å²) in [5.41, 5.74) is 2.02. The third kappa shape index (κ3) is 4.27. The van der Waals surface area contributed by atoms with Gasteiger partial charge >= 0.3 is 0 Å². The topological polar surface area (TPSA) is 66.9 Å². The first-order valence-electron chi connectivity index (χ1n) is 11.7. The second-order valence-electron chi connectivity index (χ2n) is 8.34. The predicted octanol–water partition coefficient (Wildman–Crippen LogP) is 5.94. The zero-order valence-corrected chi connectivity index (χ0v) is 21.2. The van der Waals surface area contributed by atoms with Crippen molar-refractivity contribution < 1.29 is 19.1 Å². The molecule has 0 spiro atoms. The van der Waals surface area contributed by atoms with Crippen LogP contribution < -0.4 is 9.64 Å². The number of hydrogen-bond acceptors (Lipinski definition) is 4. The van der Waals surface area contributed by atoms with Crippen LogP contribution in [-0.2, 0) is 0 Å². The Bertz CT molecular complexity index is 1450. The van der Waals surface area contributed by atoms with E-state index in [1.165, 1.54) is 4.90 Å². The number of carbonyl (C=O) groups excluding carboxylic acids is 3. The summed E-state index contributed by atoms with van der Waals surface area (Å²) in [6.45, 7) is 2.44. The summed E-state index contributed by atoms with van der Waals surface area (Å²) < 4.78 is 6.57. The van der Waals surface area contributed by atoms with Crippen molar-refractivity contribution in [1.82, 2.24) is 4.90 Å². The quantitative estimate of drug-likeness (QED) is 0.271. The molecule has 3 amide bonds. The Labute approximate surface area is 217 Å². The summed E-state index contributed by atoms with van der Waals surface area (Å²) >= 11 is 3.43. The van der Waals surface area contributed by atoms with Gasteiger partial charge in [-0.15, -0.1) is 0 Å². The van der Waals surface area contributed by atoms with Crippen molar-refractivity contribution in [2.75, 3.05) is 24.6 Å². The number of benzene rings is 4. The summed E-state index contributed by atoms with van der Waals surface area (Å²) in [6.07, 6.45) is 0. The molecule has 4 aromatic rings. The molecule has 0 N–H and O–H groups in total. The van der Waals surface area contributed by atoms with Crippen LogP contribution in [0, 0.1) is 0 Å². The van der Waals surface area contributed by atoms with Gasteiger partial charge in [-0.1, -0.05) is 58.4 Å². The third-order valence-electron chi connectivity index (χ3n) is 6.18. The van der Waals surface area contributed by atoms with E-state index in [-0.39, 0.29) is 30.8 Å². The Kier molecular flexibility index (Phi) is 6.57. The number of hydrogen-bond donors (Lipinski definition) is 0. The van der Waals surface area contributed by atoms with Gasteiger partial charge in [0.15, 0.2) is 0 Å².